The van der Waals surface area contributed by atoms with E-state index in [0.717, 1.165) is 29.7 Å². The molecular formula is C33H34N2O5. The number of carbonyl (C=O) groups is 2. The number of hydrogen-bond donors (Lipinski definition) is 2. The van der Waals surface area contributed by atoms with Crippen molar-refractivity contribution in [3.05, 3.63) is 119 Å². The molecule has 0 atom stereocenters. The molecule has 0 spiro atoms. The summed E-state index contributed by atoms with van der Waals surface area (Å²) >= 11 is 0. The van der Waals surface area contributed by atoms with Gasteiger partial charge >= 0.3 is 5.97 Å². The number of carboxylic acid groups (broad SMARTS) is 1. The predicted molar refractivity (Wildman–Crippen MR) is 157 cm³/mol. The summed E-state index contributed by atoms with van der Waals surface area (Å²) in [7, 11) is 3.16. The first-order valence-corrected chi connectivity index (χ1v) is 13.1. The van der Waals surface area contributed by atoms with E-state index in [1.807, 2.05) is 54.3 Å². The second-order valence-electron chi connectivity index (χ2n) is 9.49. The second-order valence-corrected chi connectivity index (χ2v) is 9.49. The zero-order chi connectivity index (χ0) is 28.5. The van der Waals surface area contributed by atoms with E-state index in [9.17, 15) is 14.7 Å². The van der Waals surface area contributed by atoms with Gasteiger partial charge in [-0.05, 0) is 67.3 Å². The first kappa shape index (κ1) is 28.2. The zero-order valence-electron chi connectivity index (χ0n) is 23.0. The number of amides is 1. The van der Waals surface area contributed by atoms with Crippen LogP contribution < -0.4 is 14.8 Å². The second kappa shape index (κ2) is 13.3. The molecule has 0 heterocycles. The number of carboxylic acids is 1. The van der Waals surface area contributed by atoms with Crippen LogP contribution in [0.25, 0.3) is 0 Å². The number of rotatable bonds is 12. The van der Waals surface area contributed by atoms with Crippen molar-refractivity contribution in [2.45, 2.75) is 26.3 Å². The van der Waals surface area contributed by atoms with Crippen molar-refractivity contribution in [2.75, 3.05) is 26.1 Å². The Bertz CT molecular complexity index is 1430. The number of nitrogens with zero attached hydrogens (tertiary/aromatic N) is 1. The fourth-order valence-electron chi connectivity index (χ4n) is 4.61. The molecule has 0 aliphatic rings. The highest BCUT2D eigenvalue weighted by Gasteiger charge is 2.20. The molecule has 4 aromatic rings. The summed E-state index contributed by atoms with van der Waals surface area (Å²) in [6.07, 6.45) is 1.67. The molecule has 1 amide bonds. The Morgan fingerprint density at radius 2 is 1.45 bits per heavy atom. The van der Waals surface area contributed by atoms with Gasteiger partial charge in [-0.25, -0.2) is 4.79 Å². The van der Waals surface area contributed by atoms with Crippen molar-refractivity contribution >= 4 is 23.3 Å². The largest absolute Gasteiger partial charge is 0.496 e. The van der Waals surface area contributed by atoms with Crippen molar-refractivity contribution in [1.29, 1.82) is 0 Å². The van der Waals surface area contributed by atoms with Crippen molar-refractivity contribution in [1.82, 2.24) is 4.90 Å². The minimum Gasteiger partial charge on any atom is -0.496 e. The van der Waals surface area contributed by atoms with E-state index < -0.39 is 5.97 Å². The zero-order valence-corrected chi connectivity index (χ0v) is 23.0. The van der Waals surface area contributed by atoms with E-state index in [1.54, 1.807) is 50.6 Å². The third-order valence-electron chi connectivity index (χ3n) is 6.79. The van der Waals surface area contributed by atoms with Crippen LogP contribution in [0.2, 0.25) is 0 Å². The fourth-order valence-corrected chi connectivity index (χ4v) is 4.61. The molecule has 0 fully saturated rings. The van der Waals surface area contributed by atoms with Crippen LogP contribution >= 0.6 is 0 Å². The Labute approximate surface area is 235 Å². The van der Waals surface area contributed by atoms with Crippen LogP contribution in [0.5, 0.6) is 11.5 Å². The molecule has 4 aromatic carbocycles. The maximum atomic E-state index is 13.8. The molecule has 0 radical (unpaired) electrons. The molecule has 0 aromatic heterocycles. The summed E-state index contributed by atoms with van der Waals surface area (Å²) in [5, 5.41) is 12.6. The van der Waals surface area contributed by atoms with E-state index >= 15 is 0 Å². The Balaban J connectivity index is 1.54. The number of hydrogen-bond acceptors (Lipinski definition) is 5. The number of aromatic carboxylic acids is 1. The number of methoxy groups -OCH3 is 2. The predicted octanol–water partition coefficient (Wildman–Crippen LogP) is 6.73. The van der Waals surface area contributed by atoms with Gasteiger partial charge < -0.3 is 24.8 Å². The molecule has 0 saturated heterocycles. The lowest BCUT2D eigenvalue weighted by Crippen LogP contribution is -2.32. The van der Waals surface area contributed by atoms with Gasteiger partial charge in [0.1, 0.15) is 11.5 Å². The van der Waals surface area contributed by atoms with Crippen LogP contribution in [0, 0.1) is 6.92 Å². The van der Waals surface area contributed by atoms with Crippen LogP contribution in [-0.4, -0.2) is 42.6 Å². The minimum atomic E-state index is -0.992. The highest BCUT2D eigenvalue weighted by molar-refractivity contribution is 5.96. The summed E-state index contributed by atoms with van der Waals surface area (Å²) in [6, 6.07) is 28.2. The molecule has 0 aliphatic heterocycles. The summed E-state index contributed by atoms with van der Waals surface area (Å²) in [6.45, 7) is 2.88. The molecule has 2 N–H and O–H groups in total. The van der Waals surface area contributed by atoms with Crippen molar-refractivity contribution in [3.8, 4) is 11.5 Å². The number of nitrogens with one attached hydrogen (secondary N) is 1. The summed E-state index contributed by atoms with van der Waals surface area (Å²) in [5.41, 5.74) is 5.00. The van der Waals surface area contributed by atoms with Crippen LogP contribution in [-0.2, 0) is 13.0 Å². The van der Waals surface area contributed by atoms with Crippen LogP contribution in [0.4, 0.5) is 11.4 Å². The maximum Gasteiger partial charge on any atom is 0.337 e. The van der Waals surface area contributed by atoms with Gasteiger partial charge in [0.05, 0.1) is 25.5 Å². The molecular weight excluding hydrogens is 504 g/mol. The van der Waals surface area contributed by atoms with Crippen molar-refractivity contribution < 1.29 is 24.2 Å². The van der Waals surface area contributed by atoms with Crippen LogP contribution in [0.15, 0.2) is 91.0 Å². The summed E-state index contributed by atoms with van der Waals surface area (Å²) < 4.78 is 11.0. The molecule has 4 rings (SSSR count). The van der Waals surface area contributed by atoms with Crippen LogP contribution in [0.3, 0.4) is 0 Å². The van der Waals surface area contributed by atoms with E-state index in [1.165, 1.54) is 5.56 Å². The van der Waals surface area contributed by atoms with Crippen molar-refractivity contribution in [2.24, 2.45) is 0 Å². The van der Waals surface area contributed by atoms with Gasteiger partial charge in [0.15, 0.2) is 0 Å². The van der Waals surface area contributed by atoms with Crippen molar-refractivity contribution in [3.63, 3.8) is 0 Å². The summed E-state index contributed by atoms with van der Waals surface area (Å²) in [5.74, 6) is 0.101. The molecule has 40 heavy (non-hydrogen) atoms. The third kappa shape index (κ3) is 6.99. The lowest BCUT2D eigenvalue weighted by molar-refractivity contribution is 0.0696. The van der Waals surface area contributed by atoms with Crippen LogP contribution in [0.1, 0.15) is 43.8 Å². The lowest BCUT2D eigenvalue weighted by Gasteiger charge is -2.24. The Hall–Kier alpha value is -4.78. The van der Waals surface area contributed by atoms with E-state index in [4.69, 9.17) is 9.47 Å². The fraction of sp³-hybridized carbons (Fsp3) is 0.212. The number of benzene rings is 4. The number of aryl methyl sites for hydroxylation is 1. The van der Waals surface area contributed by atoms with E-state index in [2.05, 4.69) is 17.4 Å². The van der Waals surface area contributed by atoms with Gasteiger partial charge in [0, 0.05) is 29.9 Å². The number of ether oxygens (including phenoxy) is 2. The van der Waals surface area contributed by atoms with Gasteiger partial charge in [-0.1, -0.05) is 54.6 Å². The van der Waals surface area contributed by atoms with Gasteiger partial charge in [-0.15, -0.1) is 0 Å². The normalized spacial score (nSPS) is 10.6. The standard InChI is InChI=1S/C33H34N2O5/c1-23-30(39-2)20-26(21-31(23)40-3)32(36)35(19-9-12-24-10-5-4-6-11-24)22-25-15-17-27(18-16-25)34-29-14-8-7-13-28(29)33(37)38/h4-8,10-11,13-18,20-21,34H,9,12,19,22H2,1-3H3,(H,37,38). The number of carbonyl (C=O) groups excluding carboxylic acids is 1. The van der Waals surface area contributed by atoms with E-state index in [-0.39, 0.29) is 11.5 Å². The van der Waals surface area contributed by atoms with Gasteiger partial charge in [-0.3, -0.25) is 4.79 Å². The maximum absolute atomic E-state index is 13.8. The molecule has 0 saturated carbocycles. The first-order chi connectivity index (χ1) is 19.4. The molecule has 206 valence electrons. The SMILES string of the molecule is COc1cc(C(=O)N(CCCc2ccccc2)Cc2ccc(Nc3ccccc3C(=O)O)cc2)cc(OC)c1C. The number of para-hydroxylation sites is 1. The lowest BCUT2D eigenvalue weighted by atomic mass is 10.1. The average Bonchev–Trinajstić information content (AvgIpc) is 2.98. The smallest absolute Gasteiger partial charge is 0.337 e. The third-order valence-corrected chi connectivity index (χ3v) is 6.79. The van der Waals surface area contributed by atoms with Gasteiger partial charge in [0.25, 0.3) is 5.91 Å². The Morgan fingerprint density at radius 1 is 0.825 bits per heavy atom. The Kier molecular flexibility index (Phi) is 9.41. The minimum absolute atomic E-state index is 0.109. The molecule has 0 bridgehead atoms. The van der Waals surface area contributed by atoms with E-state index in [0.29, 0.717) is 35.8 Å². The highest BCUT2D eigenvalue weighted by Crippen LogP contribution is 2.30. The quantitative estimate of drug-likeness (QED) is 0.208. The molecule has 7 heteroatoms. The monoisotopic (exact) mass is 538 g/mol. The summed E-state index contributed by atoms with van der Waals surface area (Å²) in [4.78, 5) is 27.2. The highest BCUT2D eigenvalue weighted by atomic mass is 16.5. The average molecular weight is 539 g/mol. The molecule has 0 unspecified atom stereocenters. The Morgan fingerprint density at radius 3 is 2.08 bits per heavy atom. The van der Waals surface area contributed by atoms with Gasteiger partial charge in [-0.2, -0.15) is 0 Å². The topological polar surface area (TPSA) is 88.1 Å². The molecule has 7 nitrogen and oxygen atoms in total. The molecule has 0 aliphatic carbocycles. The number of anilines is 2. The van der Waals surface area contributed by atoms with Gasteiger partial charge in [0.2, 0.25) is 0 Å². The first-order valence-electron chi connectivity index (χ1n) is 13.1.